The van der Waals surface area contributed by atoms with Gasteiger partial charge in [-0.25, -0.2) is 4.57 Å². The van der Waals surface area contributed by atoms with Gasteiger partial charge < -0.3 is 24.6 Å². The average molecular weight is 923 g/mol. The molecule has 0 fully saturated rings. The van der Waals surface area contributed by atoms with Crippen LogP contribution in [0.4, 0.5) is 0 Å². The molecule has 3 unspecified atom stereocenters. The van der Waals surface area contributed by atoms with Crippen molar-refractivity contribution in [3.63, 3.8) is 0 Å². The molecule has 372 valence electrons. The highest BCUT2D eigenvalue weighted by Gasteiger charge is 2.27. The molecule has 11 heteroatoms. The summed E-state index contributed by atoms with van der Waals surface area (Å²) in [5, 5.41) is 19.2. The van der Waals surface area contributed by atoms with Crippen molar-refractivity contribution in [1.82, 2.24) is 0 Å². The average Bonchev–Trinajstić information content (AvgIpc) is 3.29. The molecule has 3 N–H and O–H groups in total. The molecule has 0 aliphatic rings. The number of unbranched alkanes of at least 4 members (excludes halogenated alkanes) is 24. The Morgan fingerprint density at radius 3 is 1.06 bits per heavy atom. The van der Waals surface area contributed by atoms with Crippen LogP contribution in [0, 0.1) is 0 Å². The predicted molar refractivity (Wildman–Crippen MR) is 265 cm³/mol. The third-order valence-electron chi connectivity index (χ3n) is 11.0. The van der Waals surface area contributed by atoms with Gasteiger partial charge in [0.05, 0.1) is 26.4 Å². The third kappa shape index (κ3) is 46.2. The van der Waals surface area contributed by atoms with E-state index in [1.54, 1.807) is 0 Å². The number of rotatable bonds is 48. The first kappa shape index (κ1) is 61.7. The van der Waals surface area contributed by atoms with E-state index in [-0.39, 0.29) is 12.8 Å². The van der Waals surface area contributed by atoms with Crippen LogP contribution in [0.5, 0.6) is 0 Å². The number of carbonyl (C=O) groups excluding carboxylic acids is 2. The lowest BCUT2D eigenvalue weighted by Crippen LogP contribution is -2.28. The molecule has 64 heavy (non-hydrogen) atoms. The summed E-state index contributed by atoms with van der Waals surface area (Å²) < 4.78 is 32.7. The van der Waals surface area contributed by atoms with Gasteiger partial charge in [-0.2, -0.15) is 0 Å². The van der Waals surface area contributed by atoms with E-state index in [1.165, 1.54) is 128 Å². The summed E-state index contributed by atoms with van der Waals surface area (Å²) in [5.74, 6) is -1.07. The zero-order chi connectivity index (χ0) is 46.9. The lowest BCUT2D eigenvalue weighted by Gasteiger charge is -2.20. The lowest BCUT2D eigenvalue weighted by molar-refractivity contribution is -0.153. The molecule has 0 bridgehead atoms. The van der Waals surface area contributed by atoms with Gasteiger partial charge in [0.15, 0.2) is 0 Å². The zero-order valence-corrected chi connectivity index (χ0v) is 41.6. The van der Waals surface area contributed by atoms with Gasteiger partial charge in [0, 0.05) is 12.8 Å². The Morgan fingerprint density at radius 2 is 0.734 bits per heavy atom. The fourth-order valence-corrected chi connectivity index (χ4v) is 7.88. The molecule has 0 rings (SSSR count). The maximum Gasteiger partial charge on any atom is 0.472 e. The first-order chi connectivity index (χ1) is 31.3. The minimum absolute atomic E-state index is 0.112. The first-order valence-corrected chi connectivity index (χ1v) is 27.2. The Morgan fingerprint density at radius 1 is 0.438 bits per heavy atom. The minimum Gasteiger partial charge on any atom is -0.457 e. The van der Waals surface area contributed by atoms with E-state index in [0.29, 0.717) is 19.3 Å². The van der Waals surface area contributed by atoms with Crippen molar-refractivity contribution in [2.45, 2.75) is 238 Å². The number of esters is 2. The molecule has 0 amide bonds. The number of aliphatic hydroxyl groups excluding tert-OH is 2. The normalized spacial score (nSPS) is 14.1. The Hall–Kier alpha value is -2.33. The molecule has 0 aromatic carbocycles. The molecule has 10 nitrogen and oxygen atoms in total. The van der Waals surface area contributed by atoms with Gasteiger partial charge in [0.2, 0.25) is 0 Å². The second-order valence-corrected chi connectivity index (χ2v) is 18.6. The van der Waals surface area contributed by atoms with Crippen molar-refractivity contribution in [3.05, 3.63) is 60.8 Å². The highest BCUT2D eigenvalue weighted by atomic mass is 31.2. The molecule has 0 aromatic heterocycles. The Balaban J connectivity index is 3.85. The number of carbonyl (C=O) groups is 2. The van der Waals surface area contributed by atoms with Gasteiger partial charge >= 0.3 is 19.8 Å². The van der Waals surface area contributed by atoms with Gasteiger partial charge in [-0.15, -0.1) is 0 Å². The monoisotopic (exact) mass is 923 g/mol. The van der Waals surface area contributed by atoms with Crippen LogP contribution in [0.1, 0.15) is 226 Å². The standard InChI is InChI=1S/C53H95O10P/c1-3-5-7-9-11-13-15-17-19-21-22-23-24-25-26-27-29-31-33-35-37-39-41-43-45-53(57)63-51(47-55)49-61-64(58,59)60-48-50(46-54)62-52(56)44-42-40-38-36-34-32-30-28-20-18-16-14-12-10-8-6-4-2/h6,8,12,14,18,20,30,32,36,38,50-51,54-55H,3-5,7,9-11,13,15-17,19,21-29,31,33-35,37,39-49H2,1-2H3,(H,58,59)/b8-6-,14-12-,20-18-,32-30-,38-36-. The minimum atomic E-state index is -4.66. The van der Waals surface area contributed by atoms with Crippen LogP contribution in [-0.2, 0) is 32.7 Å². The van der Waals surface area contributed by atoms with Gasteiger partial charge in [0.25, 0.3) is 0 Å². The van der Waals surface area contributed by atoms with Crippen LogP contribution in [0.25, 0.3) is 0 Å². The summed E-state index contributed by atoms with van der Waals surface area (Å²) in [6.45, 7) is 2.06. The highest BCUT2D eigenvalue weighted by Crippen LogP contribution is 2.43. The fraction of sp³-hybridized carbons (Fsp3) is 0.774. The van der Waals surface area contributed by atoms with E-state index >= 15 is 0 Å². The van der Waals surface area contributed by atoms with Crippen molar-refractivity contribution in [1.29, 1.82) is 0 Å². The van der Waals surface area contributed by atoms with Gasteiger partial charge in [-0.1, -0.05) is 222 Å². The Bertz CT molecular complexity index is 1250. The van der Waals surface area contributed by atoms with E-state index in [2.05, 4.69) is 62.5 Å². The fourth-order valence-electron chi connectivity index (χ4n) is 7.09. The van der Waals surface area contributed by atoms with Crippen LogP contribution < -0.4 is 0 Å². The molecular weight excluding hydrogens is 828 g/mol. The molecule has 0 aromatic rings. The lowest BCUT2D eigenvalue weighted by atomic mass is 10.0. The van der Waals surface area contributed by atoms with Crippen molar-refractivity contribution < 1.29 is 47.8 Å². The molecule has 0 radical (unpaired) electrons. The van der Waals surface area contributed by atoms with E-state index in [4.69, 9.17) is 18.5 Å². The molecule has 0 aliphatic carbocycles. The summed E-state index contributed by atoms with van der Waals surface area (Å²) in [7, 11) is -4.66. The van der Waals surface area contributed by atoms with E-state index < -0.39 is 58.4 Å². The van der Waals surface area contributed by atoms with Crippen molar-refractivity contribution in [2.24, 2.45) is 0 Å². The maximum atomic E-state index is 12.4. The van der Waals surface area contributed by atoms with Crippen LogP contribution in [-0.4, -0.2) is 65.7 Å². The maximum absolute atomic E-state index is 12.4. The largest absolute Gasteiger partial charge is 0.472 e. The molecule has 0 aliphatic heterocycles. The summed E-state index contributed by atoms with van der Waals surface area (Å²) in [4.78, 5) is 34.6. The first-order valence-electron chi connectivity index (χ1n) is 25.7. The van der Waals surface area contributed by atoms with Crippen LogP contribution >= 0.6 is 7.82 Å². The van der Waals surface area contributed by atoms with E-state index in [1.807, 2.05) is 12.2 Å². The van der Waals surface area contributed by atoms with Crippen molar-refractivity contribution >= 4 is 19.8 Å². The molecular formula is C53H95O10P. The number of aliphatic hydroxyl groups is 2. The second-order valence-electron chi connectivity index (χ2n) is 17.1. The summed E-state index contributed by atoms with van der Waals surface area (Å²) >= 11 is 0. The zero-order valence-electron chi connectivity index (χ0n) is 40.7. The van der Waals surface area contributed by atoms with Gasteiger partial charge in [-0.05, 0) is 51.4 Å². The smallest absolute Gasteiger partial charge is 0.457 e. The summed E-state index contributed by atoms with van der Waals surface area (Å²) in [6.07, 6.45) is 56.4. The summed E-state index contributed by atoms with van der Waals surface area (Å²) in [5.41, 5.74) is 0. The predicted octanol–water partition coefficient (Wildman–Crippen LogP) is 14.6. The number of hydrogen-bond donors (Lipinski definition) is 3. The number of phosphoric ester groups is 1. The molecule has 0 heterocycles. The molecule has 3 atom stereocenters. The number of hydrogen-bond acceptors (Lipinski definition) is 9. The van der Waals surface area contributed by atoms with Crippen molar-refractivity contribution in [3.8, 4) is 0 Å². The Kier molecular flexibility index (Phi) is 46.8. The number of ether oxygens (including phenoxy) is 2. The van der Waals surface area contributed by atoms with E-state index in [9.17, 15) is 29.3 Å². The van der Waals surface area contributed by atoms with Crippen LogP contribution in [0.2, 0.25) is 0 Å². The highest BCUT2D eigenvalue weighted by molar-refractivity contribution is 7.47. The van der Waals surface area contributed by atoms with Crippen molar-refractivity contribution in [2.75, 3.05) is 26.4 Å². The molecule has 0 saturated carbocycles. The van der Waals surface area contributed by atoms with E-state index in [0.717, 1.165) is 51.4 Å². The van der Waals surface area contributed by atoms with Crippen LogP contribution in [0.15, 0.2) is 60.8 Å². The number of allylic oxidation sites excluding steroid dienone is 10. The van der Waals surface area contributed by atoms with Gasteiger partial charge in [0.1, 0.15) is 12.2 Å². The number of phosphoric acid groups is 1. The third-order valence-corrected chi connectivity index (χ3v) is 11.9. The summed E-state index contributed by atoms with van der Waals surface area (Å²) in [6, 6.07) is 0. The molecule has 0 saturated heterocycles. The second kappa shape index (κ2) is 48.6. The topological polar surface area (TPSA) is 149 Å². The molecule has 0 spiro atoms. The SMILES string of the molecule is CC/C=C\C/C=C\C/C=C\C/C=C\C/C=C\CCCC(=O)OC(CO)COP(=O)(O)OCC(CO)OC(=O)CCCCCCCCCCCCCCCCCCCCCCCCCC. The Labute approximate surface area is 391 Å². The van der Waals surface area contributed by atoms with Gasteiger partial charge in [-0.3, -0.25) is 18.6 Å². The quantitative estimate of drug-likeness (QED) is 0.0233. The van der Waals surface area contributed by atoms with Crippen LogP contribution in [0.3, 0.4) is 0 Å².